The highest BCUT2D eigenvalue weighted by Crippen LogP contribution is 2.47. The Balaban J connectivity index is 1.75. The summed E-state index contributed by atoms with van der Waals surface area (Å²) in [7, 11) is -1.67. The van der Waals surface area contributed by atoms with Crippen LogP contribution in [0.5, 0.6) is 5.75 Å². The Hall–Kier alpha value is -3.91. The van der Waals surface area contributed by atoms with E-state index in [2.05, 4.69) is 15.4 Å². The van der Waals surface area contributed by atoms with Crippen LogP contribution >= 0.6 is 0 Å². The molecule has 0 spiro atoms. The van der Waals surface area contributed by atoms with E-state index in [1.165, 1.54) is 19.4 Å². The van der Waals surface area contributed by atoms with Crippen LogP contribution in [0.4, 0.5) is 19.4 Å². The number of likely N-dealkylation sites (N-methyl/N-ethyl adjacent to an activating group) is 1. The largest absolute Gasteiger partial charge is 0.497 e. The molecule has 50 heavy (non-hydrogen) atoms. The number of benzene rings is 1. The topological polar surface area (TPSA) is 125 Å². The average molecular weight is 717 g/mol. The minimum atomic E-state index is -2.95. The Bertz CT molecular complexity index is 1730. The zero-order chi connectivity index (χ0) is 38.2. The highest BCUT2D eigenvalue weighted by molar-refractivity contribution is 6.74. The number of methoxy groups -OCH3 is 1. The van der Waals surface area contributed by atoms with Crippen molar-refractivity contribution in [2.24, 2.45) is 0 Å². The molecule has 0 saturated heterocycles. The van der Waals surface area contributed by atoms with Crippen molar-refractivity contribution in [1.29, 1.82) is 0 Å². The molecule has 0 radical (unpaired) electrons. The van der Waals surface area contributed by atoms with Gasteiger partial charge < -0.3 is 24.1 Å². The third-order valence-electron chi connectivity index (χ3n) is 9.73. The summed E-state index contributed by atoms with van der Waals surface area (Å²) < 4.78 is 56.3. The number of nitrogens with one attached hydrogen (secondary N) is 1. The van der Waals surface area contributed by atoms with Gasteiger partial charge in [-0.25, -0.2) is 18.6 Å². The molecule has 1 aromatic carbocycles. The Morgan fingerprint density at radius 3 is 2.18 bits per heavy atom. The summed E-state index contributed by atoms with van der Waals surface area (Å²) in [5.74, 6) is -3.57. The van der Waals surface area contributed by atoms with Crippen LogP contribution < -0.4 is 10.1 Å². The van der Waals surface area contributed by atoms with Gasteiger partial charge >= 0.3 is 6.09 Å². The first kappa shape index (κ1) is 37.3. The van der Waals surface area contributed by atoms with Gasteiger partial charge in [-0.3, -0.25) is 9.59 Å². The maximum atomic E-state index is 14.9. The van der Waals surface area contributed by atoms with Crippen molar-refractivity contribution in [1.82, 2.24) is 19.7 Å². The van der Waals surface area contributed by atoms with Gasteiger partial charge in [0.2, 0.25) is 11.8 Å². The zero-order valence-electron chi connectivity index (χ0n) is 31.7. The Kier molecular flexibility index (Phi) is 10.5. The summed E-state index contributed by atoms with van der Waals surface area (Å²) in [5, 5.41) is 6.65. The molecule has 2 heterocycles. The maximum absolute atomic E-state index is 14.9. The van der Waals surface area contributed by atoms with E-state index in [9.17, 15) is 23.2 Å². The molecule has 14 heteroatoms. The number of hydrogen-bond donors (Lipinski definition) is 1. The van der Waals surface area contributed by atoms with Crippen LogP contribution in [0.3, 0.4) is 0 Å². The third kappa shape index (κ3) is 8.34. The van der Waals surface area contributed by atoms with Crippen molar-refractivity contribution < 1.29 is 38.4 Å². The van der Waals surface area contributed by atoms with Crippen LogP contribution in [-0.2, 0) is 24.2 Å². The van der Waals surface area contributed by atoms with Gasteiger partial charge in [-0.2, -0.15) is 9.78 Å². The lowest BCUT2D eigenvalue weighted by Gasteiger charge is -2.45. The smallest absolute Gasteiger partial charge is 0.435 e. The Morgan fingerprint density at radius 2 is 1.64 bits per heavy atom. The summed E-state index contributed by atoms with van der Waals surface area (Å²) in [6.45, 7) is 17.1. The van der Waals surface area contributed by atoms with E-state index in [0.717, 1.165) is 9.58 Å². The number of anilines is 1. The number of amides is 2. The average Bonchev–Trinajstić information content (AvgIpc) is 3.45. The molecule has 1 N–H and O–H groups in total. The van der Waals surface area contributed by atoms with Gasteiger partial charge in [0.15, 0.2) is 8.32 Å². The Morgan fingerprint density at radius 1 is 1.02 bits per heavy atom. The number of hydrogen-bond acceptors (Lipinski definition) is 8. The minimum absolute atomic E-state index is 0.111. The van der Waals surface area contributed by atoms with Gasteiger partial charge in [0.25, 0.3) is 5.91 Å². The van der Waals surface area contributed by atoms with E-state index in [0.29, 0.717) is 22.3 Å². The summed E-state index contributed by atoms with van der Waals surface area (Å²) in [4.78, 5) is 47.6. The van der Waals surface area contributed by atoms with Crippen molar-refractivity contribution in [2.75, 3.05) is 19.5 Å². The lowest BCUT2D eigenvalue weighted by Crippen LogP contribution is -2.59. The van der Waals surface area contributed by atoms with Crippen LogP contribution in [0.2, 0.25) is 18.1 Å². The highest BCUT2D eigenvalue weighted by Gasteiger charge is 2.52. The van der Waals surface area contributed by atoms with Gasteiger partial charge in [-0.1, -0.05) is 32.9 Å². The van der Waals surface area contributed by atoms with Crippen LogP contribution in [0, 0.1) is 0 Å². The molecule has 3 aromatic rings. The fourth-order valence-electron chi connectivity index (χ4n) is 5.93. The number of ether oxygens (including phenoxy) is 2. The lowest BCUT2D eigenvalue weighted by atomic mass is 9.67. The number of halogens is 2. The molecule has 11 nitrogen and oxygen atoms in total. The normalized spacial score (nSPS) is 17.7. The predicted octanol–water partition coefficient (Wildman–Crippen LogP) is 7.55. The number of rotatable bonds is 9. The van der Waals surface area contributed by atoms with Gasteiger partial charge in [0.1, 0.15) is 28.7 Å². The monoisotopic (exact) mass is 716 g/mol. The van der Waals surface area contributed by atoms with Crippen LogP contribution in [0.15, 0.2) is 42.6 Å². The molecule has 1 saturated carbocycles. The molecule has 4 rings (SSSR count). The number of fused-ring (bicyclic) bond motifs is 1. The van der Waals surface area contributed by atoms with Gasteiger partial charge in [-0.15, -0.1) is 0 Å². The number of carbonyl (C=O) groups is 3. The molecular weight excluding hydrogens is 665 g/mol. The summed E-state index contributed by atoms with van der Waals surface area (Å²) in [5.41, 5.74) is -1.01. The van der Waals surface area contributed by atoms with E-state index in [1.807, 2.05) is 33.9 Å². The van der Waals surface area contributed by atoms with Crippen molar-refractivity contribution in [3.05, 3.63) is 48.2 Å². The van der Waals surface area contributed by atoms with Crippen molar-refractivity contribution in [3.8, 4) is 5.75 Å². The molecule has 1 aliphatic rings. The minimum Gasteiger partial charge on any atom is -0.497 e. The van der Waals surface area contributed by atoms with Crippen molar-refractivity contribution in [3.63, 3.8) is 0 Å². The first-order valence-corrected chi connectivity index (χ1v) is 19.6. The van der Waals surface area contributed by atoms with E-state index in [1.54, 1.807) is 58.0 Å². The van der Waals surface area contributed by atoms with Crippen LogP contribution in [-0.4, -0.2) is 83.7 Å². The molecule has 0 aliphatic heterocycles. The zero-order valence-corrected chi connectivity index (χ0v) is 31.7. The molecule has 0 unspecified atom stereocenters. The number of nitrogens with zero attached hydrogens (tertiary/aromatic N) is 4. The molecule has 2 atom stereocenters. The number of alkyl halides is 2. The van der Waals surface area contributed by atoms with Crippen molar-refractivity contribution >= 4 is 43.1 Å². The summed E-state index contributed by atoms with van der Waals surface area (Å²) in [6, 6.07) is 8.43. The lowest BCUT2D eigenvalue weighted by molar-refractivity contribution is -0.149. The van der Waals surface area contributed by atoms with Gasteiger partial charge in [0, 0.05) is 21.2 Å². The molecule has 0 bridgehead atoms. The van der Waals surface area contributed by atoms with E-state index in [4.69, 9.17) is 15.3 Å². The highest BCUT2D eigenvalue weighted by atomic mass is 28.4. The number of aromatic nitrogens is 3. The Labute approximate surface area is 295 Å². The molecule has 274 valence electrons. The first-order chi connectivity index (χ1) is 23.5. The molecule has 1 aliphatic carbocycles. The molecular formula is C36H51F2N5O6Si. The molecule has 1 fully saturated rings. The van der Waals surface area contributed by atoms with Crippen LogP contribution in [0.1, 0.15) is 81.1 Å². The van der Waals surface area contributed by atoms with E-state index in [-0.39, 0.29) is 23.7 Å². The van der Waals surface area contributed by atoms with Gasteiger partial charge in [-0.05, 0) is 88.5 Å². The quantitative estimate of drug-likeness (QED) is 0.225. The molecule has 2 aromatic heterocycles. The first-order valence-electron chi connectivity index (χ1n) is 17.4. The van der Waals surface area contributed by atoms with Crippen molar-refractivity contribution in [2.45, 2.75) is 121 Å². The number of carbonyl (C=O) groups excluding carboxylic acids is 3. The second-order valence-corrected chi connectivity index (χ2v) is 20.4. The fraction of sp³-hybridized carbons (Fsp3) is 0.583. The van der Waals surface area contributed by atoms with Gasteiger partial charge in [0.05, 0.1) is 30.3 Å². The predicted molar refractivity (Wildman–Crippen MR) is 190 cm³/mol. The summed E-state index contributed by atoms with van der Waals surface area (Å²) >= 11 is 0. The standard InChI is InChI=1S/C36H51F2N5O6Si/c1-23(49-50(10,11)34(5,6)7)29(30(44)41-28-17-16-27-26(40-28)22-39-43(27)32(46)48-33(2,3)4)42(8)31(45)35(18-20-36(37,38)21-19-35)24-12-14-25(47-9)15-13-24/h12-17,22-23,29H,18-21H2,1-11H3,(H,40,41,44)/t23-,29-/m0/s1/i8D. The van der Waals surface area contributed by atoms with Crippen LogP contribution in [0.25, 0.3) is 11.0 Å². The maximum Gasteiger partial charge on any atom is 0.435 e. The number of pyridine rings is 1. The third-order valence-corrected chi connectivity index (χ3v) is 14.3. The second kappa shape index (κ2) is 14.0. The van der Waals surface area contributed by atoms with E-state index >= 15 is 0 Å². The van der Waals surface area contributed by atoms with E-state index < -0.39 is 75.2 Å². The fourth-order valence-corrected chi connectivity index (χ4v) is 7.34. The SMILES string of the molecule is [2H]CN(C(=O)C1(c2ccc(OC)cc2)CCC(F)(F)CC1)[C@H](C(=O)Nc1ccc2c(cnn2C(=O)OC(C)(C)C)n1)[C@H](C)O[Si](C)(C)C(C)(C)C. The molecule has 2 amide bonds. The second-order valence-electron chi connectivity index (χ2n) is 15.6. The summed E-state index contributed by atoms with van der Waals surface area (Å²) in [6.07, 6.45) is -1.61.